The monoisotopic (exact) mass is 260 g/mol. The van der Waals surface area contributed by atoms with Gasteiger partial charge in [0, 0.05) is 24.0 Å². The Morgan fingerprint density at radius 3 is 2.67 bits per heavy atom. The van der Waals surface area contributed by atoms with E-state index < -0.39 is 0 Å². The van der Waals surface area contributed by atoms with Crippen LogP contribution in [0.4, 0.5) is 0 Å². The molecule has 0 aliphatic carbocycles. The predicted octanol–water partition coefficient (Wildman–Crippen LogP) is 3.38. The molecule has 2 aromatic rings. The topological polar surface area (TPSA) is 24.9 Å². The molecular formula is C15H17ClN2. The molecule has 1 N–H and O–H groups in total. The van der Waals surface area contributed by atoms with E-state index in [2.05, 4.69) is 22.4 Å². The molecule has 0 saturated carbocycles. The average Bonchev–Trinajstić information content (AvgIpc) is 2.38. The van der Waals surface area contributed by atoms with Crippen LogP contribution in [0, 0.1) is 6.92 Å². The van der Waals surface area contributed by atoms with Crippen LogP contribution in [0.15, 0.2) is 42.7 Å². The summed E-state index contributed by atoms with van der Waals surface area (Å²) in [5.74, 6) is 0. The van der Waals surface area contributed by atoms with Gasteiger partial charge in [-0.25, -0.2) is 0 Å². The van der Waals surface area contributed by atoms with Crippen molar-refractivity contribution in [2.24, 2.45) is 0 Å². The van der Waals surface area contributed by atoms with Gasteiger partial charge < -0.3 is 5.32 Å². The van der Waals surface area contributed by atoms with Gasteiger partial charge in [-0.05, 0) is 54.8 Å². The molecule has 0 atom stereocenters. The third kappa shape index (κ3) is 3.83. The molecule has 0 bridgehead atoms. The van der Waals surface area contributed by atoms with Crippen molar-refractivity contribution < 1.29 is 0 Å². The lowest BCUT2D eigenvalue weighted by Crippen LogP contribution is -2.16. The number of aryl methyl sites for hydroxylation is 1. The summed E-state index contributed by atoms with van der Waals surface area (Å²) in [5, 5.41) is 4.24. The number of nitrogens with zero attached hydrogens (tertiary/aromatic N) is 1. The van der Waals surface area contributed by atoms with E-state index in [0.717, 1.165) is 30.1 Å². The molecule has 0 amide bonds. The Morgan fingerprint density at radius 2 is 1.94 bits per heavy atom. The number of benzene rings is 1. The molecule has 3 heteroatoms. The molecule has 1 aromatic heterocycles. The zero-order valence-corrected chi connectivity index (χ0v) is 11.2. The van der Waals surface area contributed by atoms with Gasteiger partial charge in [0.25, 0.3) is 0 Å². The van der Waals surface area contributed by atoms with E-state index in [1.165, 1.54) is 11.1 Å². The van der Waals surface area contributed by atoms with Crippen molar-refractivity contribution >= 4 is 11.6 Å². The Hall–Kier alpha value is -1.38. The molecule has 1 heterocycles. The second-order valence-electron chi connectivity index (χ2n) is 4.38. The molecular weight excluding hydrogens is 244 g/mol. The largest absolute Gasteiger partial charge is 0.312 e. The van der Waals surface area contributed by atoms with E-state index >= 15 is 0 Å². The summed E-state index contributed by atoms with van der Waals surface area (Å²) in [4.78, 5) is 4.00. The molecule has 0 fully saturated rings. The van der Waals surface area contributed by atoms with Crippen LogP contribution in [0.3, 0.4) is 0 Å². The maximum Gasteiger partial charge on any atom is 0.0453 e. The fraction of sp³-hybridized carbons (Fsp3) is 0.267. The van der Waals surface area contributed by atoms with Crippen LogP contribution in [-0.4, -0.2) is 11.5 Å². The van der Waals surface area contributed by atoms with Crippen LogP contribution in [0.2, 0.25) is 5.02 Å². The molecule has 94 valence electrons. The minimum Gasteiger partial charge on any atom is -0.312 e. The van der Waals surface area contributed by atoms with Crippen molar-refractivity contribution in [3.05, 3.63) is 64.4 Å². The van der Waals surface area contributed by atoms with Gasteiger partial charge in [0.15, 0.2) is 0 Å². The molecule has 0 radical (unpaired) electrons. The smallest absolute Gasteiger partial charge is 0.0453 e. The minimum absolute atomic E-state index is 0.810. The number of rotatable bonds is 5. The van der Waals surface area contributed by atoms with Gasteiger partial charge in [-0.2, -0.15) is 0 Å². The fourth-order valence-corrected chi connectivity index (χ4v) is 2.10. The summed E-state index contributed by atoms with van der Waals surface area (Å²) in [6, 6.07) is 10.3. The van der Waals surface area contributed by atoms with Crippen molar-refractivity contribution in [1.82, 2.24) is 10.3 Å². The Balaban J connectivity index is 1.79. The van der Waals surface area contributed by atoms with Crippen molar-refractivity contribution in [1.29, 1.82) is 0 Å². The molecule has 0 unspecified atom stereocenters. The highest BCUT2D eigenvalue weighted by Gasteiger charge is 1.99. The fourth-order valence-electron chi connectivity index (χ4n) is 1.80. The Bertz CT molecular complexity index is 497. The van der Waals surface area contributed by atoms with Crippen molar-refractivity contribution in [2.75, 3.05) is 6.54 Å². The number of aromatic nitrogens is 1. The second kappa shape index (κ2) is 6.53. The number of pyridine rings is 1. The lowest BCUT2D eigenvalue weighted by atomic mass is 10.1. The first-order valence-corrected chi connectivity index (χ1v) is 6.48. The van der Waals surface area contributed by atoms with Crippen LogP contribution in [-0.2, 0) is 13.0 Å². The van der Waals surface area contributed by atoms with Gasteiger partial charge in [-0.3, -0.25) is 4.98 Å². The maximum atomic E-state index is 6.18. The molecule has 1 aromatic carbocycles. The SMILES string of the molecule is Cc1ccc(CNCCc2ccncc2)c(Cl)c1. The normalized spacial score (nSPS) is 10.6. The van der Waals surface area contributed by atoms with Gasteiger partial charge in [-0.15, -0.1) is 0 Å². The zero-order chi connectivity index (χ0) is 12.8. The van der Waals surface area contributed by atoms with Crippen molar-refractivity contribution in [3.63, 3.8) is 0 Å². The van der Waals surface area contributed by atoms with Gasteiger partial charge in [0.2, 0.25) is 0 Å². The molecule has 0 aliphatic rings. The van der Waals surface area contributed by atoms with Gasteiger partial charge in [-0.1, -0.05) is 23.7 Å². The van der Waals surface area contributed by atoms with Crippen LogP contribution in [0.1, 0.15) is 16.7 Å². The molecule has 0 spiro atoms. The van der Waals surface area contributed by atoms with Crippen molar-refractivity contribution in [3.8, 4) is 0 Å². The molecule has 18 heavy (non-hydrogen) atoms. The summed E-state index contributed by atoms with van der Waals surface area (Å²) in [7, 11) is 0. The molecule has 2 nitrogen and oxygen atoms in total. The van der Waals surface area contributed by atoms with Crippen molar-refractivity contribution in [2.45, 2.75) is 19.9 Å². The number of hydrogen-bond donors (Lipinski definition) is 1. The molecule has 0 saturated heterocycles. The lowest BCUT2D eigenvalue weighted by molar-refractivity contribution is 0.686. The van der Waals surface area contributed by atoms with Crippen LogP contribution < -0.4 is 5.32 Å². The van der Waals surface area contributed by atoms with E-state index in [9.17, 15) is 0 Å². The summed E-state index contributed by atoms with van der Waals surface area (Å²) in [6.07, 6.45) is 4.66. The quantitative estimate of drug-likeness (QED) is 0.834. The zero-order valence-electron chi connectivity index (χ0n) is 10.5. The Morgan fingerprint density at radius 1 is 1.17 bits per heavy atom. The first-order valence-electron chi connectivity index (χ1n) is 6.10. The van der Waals surface area contributed by atoms with Gasteiger partial charge in [0.05, 0.1) is 0 Å². The number of hydrogen-bond acceptors (Lipinski definition) is 2. The minimum atomic E-state index is 0.810. The first kappa shape index (κ1) is 13.1. The van der Waals surface area contributed by atoms with Crippen LogP contribution in [0.25, 0.3) is 0 Å². The van der Waals surface area contributed by atoms with Crippen LogP contribution >= 0.6 is 11.6 Å². The summed E-state index contributed by atoms with van der Waals surface area (Å²) in [5.41, 5.74) is 3.64. The highest BCUT2D eigenvalue weighted by Crippen LogP contribution is 2.17. The van der Waals surface area contributed by atoms with E-state index in [4.69, 9.17) is 11.6 Å². The molecule has 2 rings (SSSR count). The van der Waals surface area contributed by atoms with E-state index in [-0.39, 0.29) is 0 Å². The van der Waals surface area contributed by atoms with E-state index in [0.29, 0.717) is 0 Å². The first-order chi connectivity index (χ1) is 8.75. The summed E-state index contributed by atoms with van der Waals surface area (Å²) in [6.45, 7) is 3.80. The van der Waals surface area contributed by atoms with E-state index in [1.807, 2.05) is 37.5 Å². The third-order valence-corrected chi connectivity index (χ3v) is 3.22. The Labute approximate surface area is 113 Å². The van der Waals surface area contributed by atoms with Gasteiger partial charge >= 0.3 is 0 Å². The second-order valence-corrected chi connectivity index (χ2v) is 4.78. The standard InChI is InChI=1S/C15H17ClN2/c1-12-2-3-14(15(16)10-12)11-18-9-6-13-4-7-17-8-5-13/h2-5,7-8,10,18H,6,9,11H2,1H3. The van der Waals surface area contributed by atoms with Crippen LogP contribution in [0.5, 0.6) is 0 Å². The Kier molecular flexibility index (Phi) is 4.73. The third-order valence-electron chi connectivity index (χ3n) is 2.86. The lowest BCUT2D eigenvalue weighted by Gasteiger charge is -2.07. The molecule has 0 aliphatic heterocycles. The maximum absolute atomic E-state index is 6.18. The van der Waals surface area contributed by atoms with E-state index in [1.54, 1.807) is 0 Å². The highest BCUT2D eigenvalue weighted by molar-refractivity contribution is 6.31. The van der Waals surface area contributed by atoms with Gasteiger partial charge in [0.1, 0.15) is 0 Å². The summed E-state index contributed by atoms with van der Waals surface area (Å²) >= 11 is 6.18. The summed E-state index contributed by atoms with van der Waals surface area (Å²) < 4.78 is 0. The highest BCUT2D eigenvalue weighted by atomic mass is 35.5. The average molecular weight is 261 g/mol. The number of nitrogens with one attached hydrogen (secondary N) is 1. The predicted molar refractivity (Wildman–Crippen MR) is 75.8 cm³/mol. The number of halogens is 1.